The lowest BCUT2D eigenvalue weighted by Crippen LogP contribution is -2.44. The highest BCUT2D eigenvalue weighted by Gasteiger charge is 2.31. The number of rotatable bonds is 8. The van der Waals surface area contributed by atoms with Crippen molar-refractivity contribution in [3.05, 3.63) is 94.6 Å². The molecule has 1 heterocycles. The topological polar surface area (TPSA) is 51.2 Å². The Bertz CT molecular complexity index is 1040. The zero-order valence-corrected chi connectivity index (χ0v) is 18.9. The second kappa shape index (κ2) is 10.7. The number of amides is 1. The standard InChI is InChI=1S/C25H24ClF3N2O2/c1-16(22(19-6-4-3-5-7-19)14-18-8-11-21(26)12-9-18)31-24(32)17(2)33-23-13-10-20(15-30-23)25(27,28)29/h3-13,15-17,22H,14H2,1-2H3,(H,31,32)/t16-,17+,22+/m0/s1. The Morgan fingerprint density at radius 1 is 1.03 bits per heavy atom. The number of nitrogens with zero attached hydrogens (tertiary/aromatic N) is 1. The number of carbonyl (C=O) groups is 1. The molecule has 0 saturated heterocycles. The first kappa shape index (κ1) is 24.6. The van der Waals surface area contributed by atoms with Crippen LogP contribution >= 0.6 is 11.6 Å². The van der Waals surface area contributed by atoms with Gasteiger partial charge in [0.2, 0.25) is 5.88 Å². The second-order valence-corrected chi connectivity index (χ2v) is 8.22. The van der Waals surface area contributed by atoms with Crippen molar-refractivity contribution >= 4 is 17.5 Å². The number of hydrogen-bond acceptors (Lipinski definition) is 3. The molecule has 0 fully saturated rings. The molecule has 174 valence electrons. The van der Waals surface area contributed by atoms with Crippen LogP contribution < -0.4 is 10.1 Å². The van der Waals surface area contributed by atoms with Gasteiger partial charge in [0, 0.05) is 29.2 Å². The van der Waals surface area contributed by atoms with Gasteiger partial charge in [-0.05, 0) is 49.6 Å². The molecule has 3 rings (SSSR count). The summed E-state index contributed by atoms with van der Waals surface area (Å²) in [6.07, 6.45) is -4.07. The van der Waals surface area contributed by atoms with Gasteiger partial charge in [-0.1, -0.05) is 54.1 Å². The van der Waals surface area contributed by atoms with Gasteiger partial charge in [-0.2, -0.15) is 13.2 Å². The maximum absolute atomic E-state index is 12.8. The van der Waals surface area contributed by atoms with Crippen LogP contribution in [-0.4, -0.2) is 23.0 Å². The average molecular weight is 477 g/mol. The summed E-state index contributed by atoms with van der Waals surface area (Å²) in [7, 11) is 0. The number of aromatic nitrogens is 1. The first-order valence-corrected chi connectivity index (χ1v) is 10.8. The lowest BCUT2D eigenvalue weighted by molar-refractivity contribution is -0.138. The normalized spacial score (nSPS) is 14.2. The van der Waals surface area contributed by atoms with Gasteiger partial charge in [-0.25, -0.2) is 4.98 Å². The number of carbonyl (C=O) groups excluding carboxylic acids is 1. The summed E-state index contributed by atoms with van der Waals surface area (Å²) >= 11 is 6.00. The van der Waals surface area contributed by atoms with Crippen molar-refractivity contribution < 1.29 is 22.7 Å². The van der Waals surface area contributed by atoms with E-state index in [0.29, 0.717) is 17.6 Å². The Kier molecular flexibility index (Phi) is 7.97. The monoisotopic (exact) mass is 476 g/mol. The van der Waals surface area contributed by atoms with E-state index in [2.05, 4.69) is 10.3 Å². The van der Waals surface area contributed by atoms with Crippen LogP contribution in [-0.2, 0) is 17.4 Å². The van der Waals surface area contributed by atoms with Gasteiger partial charge < -0.3 is 10.1 Å². The molecule has 0 bridgehead atoms. The van der Waals surface area contributed by atoms with Crippen LogP contribution in [0.3, 0.4) is 0 Å². The van der Waals surface area contributed by atoms with Gasteiger partial charge in [0.05, 0.1) is 5.56 Å². The summed E-state index contributed by atoms with van der Waals surface area (Å²) in [5.41, 5.74) is 1.26. The molecular formula is C25H24ClF3N2O2. The minimum Gasteiger partial charge on any atom is -0.465 e. The number of benzene rings is 2. The quantitative estimate of drug-likeness (QED) is 0.430. The molecular weight excluding hydrogens is 453 g/mol. The number of ether oxygens (including phenoxy) is 1. The molecule has 1 N–H and O–H groups in total. The molecule has 1 aromatic heterocycles. The van der Waals surface area contributed by atoms with Gasteiger partial charge in [-0.3, -0.25) is 4.79 Å². The molecule has 2 aromatic carbocycles. The van der Waals surface area contributed by atoms with E-state index in [1.54, 1.807) is 0 Å². The molecule has 4 nitrogen and oxygen atoms in total. The summed E-state index contributed by atoms with van der Waals surface area (Å²) in [6.45, 7) is 3.44. The van der Waals surface area contributed by atoms with Crippen LogP contribution in [0.1, 0.15) is 36.5 Å². The van der Waals surface area contributed by atoms with Crippen molar-refractivity contribution in [3.8, 4) is 5.88 Å². The van der Waals surface area contributed by atoms with E-state index in [1.807, 2.05) is 61.5 Å². The van der Waals surface area contributed by atoms with Crippen molar-refractivity contribution in [2.24, 2.45) is 0 Å². The number of alkyl halides is 3. The molecule has 3 aromatic rings. The van der Waals surface area contributed by atoms with Crippen LogP contribution in [0.2, 0.25) is 5.02 Å². The Balaban J connectivity index is 1.68. The summed E-state index contributed by atoms with van der Waals surface area (Å²) < 4.78 is 43.5. The minimum atomic E-state index is -4.49. The SMILES string of the molecule is C[C@H](NC(=O)[C@@H](C)Oc1ccc(C(F)(F)F)cn1)[C@@H](Cc1ccc(Cl)cc1)c1ccccc1. The highest BCUT2D eigenvalue weighted by molar-refractivity contribution is 6.30. The number of pyridine rings is 1. The van der Waals surface area contributed by atoms with Crippen molar-refractivity contribution in [3.63, 3.8) is 0 Å². The Labute approximate surface area is 195 Å². The van der Waals surface area contributed by atoms with E-state index in [-0.39, 0.29) is 23.7 Å². The lowest BCUT2D eigenvalue weighted by Gasteiger charge is -2.27. The fourth-order valence-electron chi connectivity index (χ4n) is 3.45. The molecule has 0 aliphatic carbocycles. The maximum atomic E-state index is 12.8. The summed E-state index contributed by atoms with van der Waals surface area (Å²) in [5.74, 6) is -0.465. The van der Waals surface area contributed by atoms with Crippen molar-refractivity contribution in [1.29, 1.82) is 0 Å². The van der Waals surface area contributed by atoms with Gasteiger partial charge in [0.1, 0.15) is 0 Å². The van der Waals surface area contributed by atoms with Crippen LogP contribution in [0.25, 0.3) is 0 Å². The number of nitrogens with one attached hydrogen (secondary N) is 1. The molecule has 8 heteroatoms. The third-order valence-corrected chi connectivity index (χ3v) is 5.55. The third-order valence-electron chi connectivity index (χ3n) is 5.30. The van der Waals surface area contributed by atoms with Crippen LogP contribution in [0.15, 0.2) is 72.9 Å². The van der Waals surface area contributed by atoms with Crippen molar-refractivity contribution in [2.45, 2.75) is 44.5 Å². The highest BCUT2D eigenvalue weighted by atomic mass is 35.5. The largest absolute Gasteiger partial charge is 0.465 e. The lowest BCUT2D eigenvalue weighted by atomic mass is 9.86. The molecule has 0 radical (unpaired) electrons. The Morgan fingerprint density at radius 2 is 1.70 bits per heavy atom. The van der Waals surface area contributed by atoms with Gasteiger partial charge in [0.15, 0.2) is 6.10 Å². The van der Waals surface area contributed by atoms with Gasteiger partial charge in [0.25, 0.3) is 5.91 Å². The number of hydrogen-bond donors (Lipinski definition) is 1. The van der Waals surface area contributed by atoms with Crippen LogP contribution in [0, 0.1) is 0 Å². The van der Waals surface area contributed by atoms with E-state index < -0.39 is 17.8 Å². The Morgan fingerprint density at radius 3 is 2.27 bits per heavy atom. The second-order valence-electron chi connectivity index (χ2n) is 7.79. The number of halogens is 4. The van der Waals surface area contributed by atoms with E-state index in [4.69, 9.17) is 16.3 Å². The fraction of sp³-hybridized carbons (Fsp3) is 0.280. The molecule has 0 aliphatic heterocycles. The van der Waals surface area contributed by atoms with E-state index in [9.17, 15) is 18.0 Å². The third kappa shape index (κ3) is 6.96. The van der Waals surface area contributed by atoms with E-state index >= 15 is 0 Å². The van der Waals surface area contributed by atoms with Crippen molar-refractivity contribution in [2.75, 3.05) is 0 Å². The average Bonchev–Trinajstić information content (AvgIpc) is 2.79. The van der Waals surface area contributed by atoms with E-state index in [1.165, 1.54) is 6.92 Å². The first-order valence-electron chi connectivity index (χ1n) is 10.4. The fourth-order valence-corrected chi connectivity index (χ4v) is 3.58. The van der Waals surface area contributed by atoms with E-state index in [0.717, 1.165) is 23.3 Å². The summed E-state index contributed by atoms with van der Waals surface area (Å²) in [5, 5.41) is 3.62. The smallest absolute Gasteiger partial charge is 0.417 e. The molecule has 1 amide bonds. The molecule has 33 heavy (non-hydrogen) atoms. The Hall–Kier alpha value is -3.06. The van der Waals surface area contributed by atoms with Crippen molar-refractivity contribution in [1.82, 2.24) is 10.3 Å². The molecule has 0 saturated carbocycles. The first-order chi connectivity index (χ1) is 15.6. The van der Waals surface area contributed by atoms with Crippen LogP contribution in [0.5, 0.6) is 5.88 Å². The minimum absolute atomic E-state index is 0.0206. The predicted octanol–water partition coefficient (Wildman–Crippen LogP) is 6.05. The van der Waals surface area contributed by atoms with Gasteiger partial charge >= 0.3 is 6.18 Å². The predicted molar refractivity (Wildman–Crippen MR) is 121 cm³/mol. The highest BCUT2D eigenvalue weighted by Crippen LogP contribution is 2.29. The molecule has 0 aliphatic rings. The molecule has 0 unspecified atom stereocenters. The molecule has 0 spiro atoms. The van der Waals surface area contributed by atoms with Crippen LogP contribution in [0.4, 0.5) is 13.2 Å². The molecule has 3 atom stereocenters. The zero-order valence-electron chi connectivity index (χ0n) is 18.1. The maximum Gasteiger partial charge on any atom is 0.417 e. The zero-order chi connectivity index (χ0) is 24.0. The van der Waals surface area contributed by atoms with Gasteiger partial charge in [-0.15, -0.1) is 0 Å². The summed E-state index contributed by atoms with van der Waals surface area (Å²) in [6, 6.07) is 19.1. The summed E-state index contributed by atoms with van der Waals surface area (Å²) in [4.78, 5) is 16.4.